The molecular weight excluding hydrogens is 363 g/mol. The maximum atomic E-state index is 13.2. The summed E-state index contributed by atoms with van der Waals surface area (Å²) in [6, 6.07) is 9.85. The average molecular weight is 382 g/mol. The Labute approximate surface area is 159 Å². The van der Waals surface area contributed by atoms with Crippen molar-refractivity contribution >= 4 is 34.0 Å². The summed E-state index contributed by atoms with van der Waals surface area (Å²) in [4.78, 5) is 36.4. The van der Waals surface area contributed by atoms with Gasteiger partial charge < -0.3 is 21.4 Å². The average Bonchev–Trinajstić information content (AvgIpc) is 2.65. The summed E-state index contributed by atoms with van der Waals surface area (Å²) in [5, 5.41) is 3.63. The minimum atomic E-state index is -0.793. The summed E-state index contributed by atoms with van der Waals surface area (Å²) in [5.74, 6) is -1.50. The Kier molecular flexibility index (Phi) is 5.12. The molecule has 0 saturated carbocycles. The highest BCUT2D eigenvalue weighted by atomic mass is 19.1. The van der Waals surface area contributed by atoms with Crippen molar-refractivity contribution in [1.29, 1.82) is 0 Å². The number of primary amides is 1. The molecule has 2 amide bonds. The smallest absolute Gasteiger partial charge is 0.259 e. The zero-order chi connectivity index (χ0) is 20.4. The lowest BCUT2D eigenvalue weighted by atomic mass is 10.1. The molecule has 0 bridgehead atoms. The second-order valence-corrected chi connectivity index (χ2v) is 6.45. The second kappa shape index (κ2) is 7.51. The Morgan fingerprint density at radius 3 is 2.61 bits per heavy atom. The fourth-order valence-electron chi connectivity index (χ4n) is 2.93. The van der Waals surface area contributed by atoms with Crippen LogP contribution in [0.2, 0.25) is 0 Å². The number of pyridine rings is 1. The molecule has 3 aromatic rings. The lowest BCUT2D eigenvalue weighted by molar-refractivity contribution is -0.120. The van der Waals surface area contributed by atoms with E-state index < -0.39 is 17.8 Å². The van der Waals surface area contributed by atoms with Gasteiger partial charge in [-0.3, -0.25) is 14.4 Å². The lowest BCUT2D eigenvalue weighted by Gasteiger charge is -2.14. The van der Waals surface area contributed by atoms with Gasteiger partial charge >= 0.3 is 0 Å². The zero-order valence-corrected chi connectivity index (χ0v) is 15.1. The Bertz CT molecular complexity index is 1140. The van der Waals surface area contributed by atoms with Gasteiger partial charge in [0, 0.05) is 22.7 Å². The van der Waals surface area contributed by atoms with E-state index in [4.69, 9.17) is 11.5 Å². The van der Waals surface area contributed by atoms with Crippen molar-refractivity contribution in [2.24, 2.45) is 5.73 Å². The molecule has 8 heteroatoms. The molecule has 2 aromatic carbocycles. The third kappa shape index (κ3) is 3.71. The van der Waals surface area contributed by atoms with Gasteiger partial charge in [0.25, 0.3) is 5.56 Å². The first kappa shape index (κ1) is 19.1. The van der Waals surface area contributed by atoms with Crippen LogP contribution in [0.4, 0.5) is 15.8 Å². The van der Waals surface area contributed by atoms with Crippen molar-refractivity contribution in [2.45, 2.75) is 19.4 Å². The molecule has 0 aliphatic rings. The van der Waals surface area contributed by atoms with Gasteiger partial charge in [-0.1, -0.05) is 12.1 Å². The van der Waals surface area contributed by atoms with Crippen LogP contribution in [0, 0.1) is 5.82 Å². The van der Waals surface area contributed by atoms with Gasteiger partial charge in [-0.25, -0.2) is 4.39 Å². The number of fused-ring (bicyclic) bond motifs is 1. The number of hydrogen-bond acceptors (Lipinski definition) is 4. The van der Waals surface area contributed by atoms with Crippen molar-refractivity contribution < 1.29 is 14.0 Å². The Morgan fingerprint density at radius 1 is 1.18 bits per heavy atom. The number of halogens is 1. The summed E-state index contributed by atoms with van der Waals surface area (Å²) in [6.07, 6.45) is 1.47. The van der Waals surface area contributed by atoms with Crippen LogP contribution in [0.25, 0.3) is 10.8 Å². The number of anilines is 2. The largest absolute Gasteiger partial charge is 0.396 e. The van der Waals surface area contributed by atoms with E-state index in [2.05, 4.69) is 5.32 Å². The fraction of sp³-hybridized carbons (Fsp3) is 0.150. The van der Waals surface area contributed by atoms with Gasteiger partial charge in [-0.05, 0) is 42.8 Å². The second-order valence-electron chi connectivity index (χ2n) is 6.45. The summed E-state index contributed by atoms with van der Waals surface area (Å²) in [7, 11) is 0. The van der Waals surface area contributed by atoms with E-state index in [1.807, 2.05) is 0 Å². The SMILES string of the molecule is CC(C(N)=O)n1ccc2c(NC(=O)Cc3ccc(F)c(N)c3)cccc2c1=O. The number of nitrogens with one attached hydrogen (secondary N) is 1. The molecule has 1 atom stereocenters. The van der Waals surface area contributed by atoms with Crippen molar-refractivity contribution in [3.05, 3.63) is 70.4 Å². The number of amides is 2. The lowest BCUT2D eigenvalue weighted by Crippen LogP contribution is -2.31. The number of nitrogens with zero attached hydrogens (tertiary/aromatic N) is 1. The molecule has 0 saturated heterocycles. The highest BCUT2D eigenvalue weighted by Gasteiger charge is 2.15. The molecule has 5 N–H and O–H groups in total. The van der Waals surface area contributed by atoms with Crippen LogP contribution in [0.1, 0.15) is 18.5 Å². The van der Waals surface area contributed by atoms with Gasteiger partial charge in [0.2, 0.25) is 11.8 Å². The zero-order valence-electron chi connectivity index (χ0n) is 15.1. The van der Waals surface area contributed by atoms with Crippen LogP contribution in [-0.2, 0) is 16.0 Å². The third-order valence-corrected chi connectivity index (χ3v) is 4.50. The summed E-state index contributed by atoms with van der Waals surface area (Å²) >= 11 is 0. The first-order valence-electron chi connectivity index (χ1n) is 8.55. The molecular formula is C20H19FN4O3. The highest BCUT2D eigenvalue weighted by Crippen LogP contribution is 2.22. The normalized spacial score (nSPS) is 11.9. The van der Waals surface area contributed by atoms with Gasteiger partial charge in [-0.15, -0.1) is 0 Å². The van der Waals surface area contributed by atoms with E-state index >= 15 is 0 Å². The van der Waals surface area contributed by atoms with E-state index in [0.29, 0.717) is 22.0 Å². The van der Waals surface area contributed by atoms with Crippen molar-refractivity contribution in [3.63, 3.8) is 0 Å². The van der Waals surface area contributed by atoms with E-state index in [1.54, 1.807) is 24.3 Å². The molecule has 0 aliphatic heterocycles. The Balaban J connectivity index is 1.90. The van der Waals surface area contributed by atoms with Crippen LogP contribution in [0.3, 0.4) is 0 Å². The number of benzene rings is 2. The molecule has 1 aromatic heterocycles. The van der Waals surface area contributed by atoms with Gasteiger partial charge in [0.15, 0.2) is 0 Å². The van der Waals surface area contributed by atoms with Crippen molar-refractivity contribution in [1.82, 2.24) is 4.57 Å². The van der Waals surface area contributed by atoms with Crippen molar-refractivity contribution in [2.75, 3.05) is 11.1 Å². The first-order chi connectivity index (χ1) is 13.3. The van der Waals surface area contributed by atoms with E-state index in [1.165, 1.54) is 35.9 Å². The molecule has 144 valence electrons. The van der Waals surface area contributed by atoms with Crippen LogP contribution < -0.4 is 22.3 Å². The van der Waals surface area contributed by atoms with E-state index in [-0.39, 0.29) is 23.6 Å². The van der Waals surface area contributed by atoms with Crippen molar-refractivity contribution in [3.8, 4) is 0 Å². The van der Waals surface area contributed by atoms with Gasteiger partial charge in [-0.2, -0.15) is 0 Å². The maximum Gasteiger partial charge on any atom is 0.259 e. The minimum absolute atomic E-state index is 0.00333. The van der Waals surface area contributed by atoms with Crippen LogP contribution >= 0.6 is 0 Å². The Hall–Kier alpha value is -3.68. The Morgan fingerprint density at radius 2 is 1.93 bits per heavy atom. The summed E-state index contributed by atoms with van der Waals surface area (Å²) in [5.41, 5.74) is 11.4. The fourth-order valence-corrected chi connectivity index (χ4v) is 2.93. The number of nitrogens with two attached hydrogens (primary N) is 2. The summed E-state index contributed by atoms with van der Waals surface area (Å²) in [6.45, 7) is 1.54. The van der Waals surface area contributed by atoms with E-state index in [0.717, 1.165) is 0 Å². The van der Waals surface area contributed by atoms with Crippen LogP contribution in [-0.4, -0.2) is 16.4 Å². The predicted octanol–water partition coefficient (Wildman–Crippen LogP) is 1.95. The van der Waals surface area contributed by atoms with Gasteiger partial charge in [0.1, 0.15) is 11.9 Å². The quantitative estimate of drug-likeness (QED) is 0.584. The number of carbonyl (C=O) groups is 2. The molecule has 3 rings (SSSR count). The molecule has 0 spiro atoms. The van der Waals surface area contributed by atoms with E-state index in [9.17, 15) is 18.8 Å². The molecule has 7 nitrogen and oxygen atoms in total. The topological polar surface area (TPSA) is 120 Å². The van der Waals surface area contributed by atoms with Gasteiger partial charge in [0.05, 0.1) is 12.1 Å². The number of rotatable bonds is 5. The number of carbonyl (C=O) groups excluding carboxylic acids is 2. The monoisotopic (exact) mass is 382 g/mol. The van der Waals surface area contributed by atoms with Crippen LogP contribution in [0.15, 0.2) is 53.5 Å². The number of aromatic nitrogens is 1. The maximum absolute atomic E-state index is 13.2. The molecule has 28 heavy (non-hydrogen) atoms. The molecule has 1 unspecified atom stereocenters. The molecule has 0 fully saturated rings. The summed E-state index contributed by atoms with van der Waals surface area (Å²) < 4.78 is 14.5. The van der Waals surface area contributed by atoms with Crippen LogP contribution in [0.5, 0.6) is 0 Å². The minimum Gasteiger partial charge on any atom is -0.396 e. The number of hydrogen-bond donors (Lipinski definition) is 3. The predicted molar refractivity (Wildman–Crippen MR) is 105 cm³/mol. The highest BCUT2D eigenvalue weighted by molar-refractivity contribution is 6.02. The number of nitrogen functional groups attached to an aromatic ring is 1. The standard InChI is InChI=1S/C20H19FN4O3/c1-11(19(23)27)25-8-7-13-14(20(25)28)3-2-4-17(13)24-18(26)10-12-5-6-15(21)16(22)9-12/h2-9,11H,10,22H2,1H3,(H2,23,27)(H,24,26). The first-order valence-corrected chi connectivity index (χ1v) is 8.55. The molecule has 0 radical (unpaired) electrons. The third-order valence-electron chi connectivity index (χ3n) is 4.50. The molecule has 1 heterocycles. The molecule has 0 aliphatic carbocycles.